The minimum Gasteiger partial charge on any atom is -0.444 e. The molecule has 1 aliphatic carbocycles. The summed E-state index contributed by atoms with van der Waals surface area (Å²) in [5, 5.41) is 0. The summed E-state index contributed by atoms with van der Waals surface area (Å²) in [6.45, 7) is 7.77. The molecule has 10 heteroatoms. The molecule has 3 amide bonds. The maximum atomic E-state index is 13.5. The first-order chi connectivity index (χ1) is 19.1. The van der Waals surface area contributed by atoms with Gasteiger partial charge in [-0.25, -0.2) is 14.8 Å². The zero-order valence-corrected chi connectivity index (χ0v) is 24.3. The highest BCUT2D eigenvalue weighted by molar-refractivity contribution is 5.94. The summed E-state index contributed by atoms with van der Waals surface area (Å²) in [5.41, 5.74) is 1.66. The topological polar surface area (TPSA) is 105 Å². The van der Waals surface area contributed by atoms with E-state index in [9.17, 15) is 14.4 Å². The molecule has 0 spiro atoms. The second kappa shape index (κ2) is 12.8. The number of carbonyl (C=O) groups is 3. The number of benzene rings is 1. The molecule has 1 aliphatic heterocycles. The highest BCUT2D eigenvalue weighted by Gasteiger charge is 2.40. The summed E-state index contributed by atoms with van der Waals surface area (Å²) in [7, 11) is 3.38. The van der Waals surface area contributed by atoms with E-state index in [1.165, 1.54) is 0 Å². The van der Waals surface area contributed by atoms with Crippen LogP contribution in [0.4, 0.5) is 4.79 Å². The van der Waals surface area contributed by atoms with Crippen LogP contribution in [0.5, 0.6) is 0 Å². The molecular weight excluding hydrogens is 510 g/mol. The van der Waals surface area contributed by atoms with Gasteiger partial charge in [0.15, 0.2) is 5.82 Å². The van der Waals surface area contributed by atoms with Crippen molar-refractivity contribution in [3.63, 3.8) is 0 Å². The van der Waals surface area contributed by atoms with Gasteiger partial charge in [0.25, 0.3) is 5.91 Å². The van der Waals surface area contributed by atoms with E-state index >= 15 is 0 Å². The lowest BCUT2D eigenvalue weighted by atomic mass is 10.0. The normalized spacial score (nSPS) is 16.0. The lowest BCUT2D eigenvalue weighted by Crippen LogP contribution is -2.50. The first kappa shape index (κ1) is 29.5. The van der Waals surface area contributed by atoms with Gasteiger partial charge in [0.2, 0.25) is 5.91 Å². The molecule has 0 unspecified atom stereocenters. The Morgan fingerprint density at radius 2 is 1.57 bits per heavy atom. The van der Waals surface area contributed by atoms with Gasteiger partial charge < -0.3 is 24.2 Å². The van der Waals surface area contributed by atoms with Crippen LogP contribution in [-0.4, -0.2) is 101 Å². The van der Waals surface area contributed by atoms with Crippen LogP contribution >= 0.6 is 0 Å². The van der Waals surface area contributed by atoms with Gasteiger partial charge in [-0.2, -0.15) is 0 Å². The average molecular weight is 552 g/mol. The van der Waals surface area contributed by atoms with Gasteiger partial charge in [0.1, 0.15) is 5.60 Å². The fourth-order valence-electron chi connectivity index (χ4n) is 4.81. The van der Waals surface area contributed by atoms with Gasteiger partial charge in [-0.3, -0.25) is 9.59 Å². The van der Waals surface area contributed by atoms with Gasteiger partial charge in [0.05, 0.1) is 18.6 Å². The maximum Gasteiger partial charge on any atom is 0.410 e. The molecular formula is C30H41N5O5. The Labute approximate surface area is 236 Å². The molecule has 0 N–H and O–H groups in total. The van der Waals surface area contributed by atoms with Crippen LogP contribution in [0, 0.1) is 0 Å². The predicted octanol–water partition coefficient (Wildman–Crippen LogP) is 3.80. The molecule has 2 aromatic rings. The van der Waals surface area contributed by atoms with Crippen molar-refractivity contribution in [1.82, 2.24) is 24.7 Å². The van der Waals surface area contributed by atoms with E-state index in [0.717, 1.165) is 36.8 Å². The number of nitrogens with zero attached hydrogens (tertiary/aromatic N) is 5. The second-order valence-corrected chi connectivity index (χ2v) is 11.6. The Hall–Kier alpha value is -3.53. The largest absolute Gasteiger partial charge is 0.444 e. The van der Waals surface area contributed by atoms with Gasteiger partial charge in [-0.15, -0.1) is 0 Å². The van der Waals surface area contributed by atoms with Gasteiger partial charge >= 0.3 is 6.09 Å². The Kier molecular flexibility index (Phi) is 9.40. The number of ether oxygens (including phenoxy) is 2. The third-order valence-electron chi connectivity index (χ3n) is 7.21. The van der Waals surface area contributed by atoms with E-state index in [1.54, 1.807) is 36.4 Å². The van der Waals surface area contributed by atoms with Crippen molar-refractivity contribution in [2.75, 3.05) is 40.4 Å². The summed E-state index contributed by atoms with van der Waals surface area (Å²) in [6, 6.07) is 7.89. The Bertz CT molecular complexity index is 1170. The monoisotopic (exact) mass is 551 g/mol. The Morgan fingerprint density at radius 3 is 2.12 bits per heavy atom. The number of rotatable bonds is 9. The average Bonchev–Trinajstić information content (AvgIpc) is 3.77. The zero-order chi connectivity index (χ0) is 28.9. The van der Waals surface area contributed by atoms with Gasteiger partial charge in [-0.05, 0) is 52.0 Å². The Balaban J connectivity index is 1.35. The van der Waals surface area contributed by atoms with Crippen molar-refractivity contribution < 1.29 is 23.9 Å². The smallest absolute Gasteiger partial charge is 0.410 e. The fraction of sp³-hybridized carbons (Fsp3) is 0.567. The number of likely N-dealkylation sites (N-methyl/N-ethyl adjacent to an activating group) is 1. The molecule has 40 heavy (non-hydrogen) atoms. The number of hydrogen-bond donors (Lipinski definition) is 0. The van der Waals surface area contributed by atoms with Crippen molar-refractivity contribution >= 4 is 17.9 Å². The lowest BCUT2D eigenvalue weighted by molar-refractivity contribution is -0.129. The predicted molar refractivity (Wildman–Crippen MR) is 151 cm³/mol. The molecule has 0 radical (unpaired) electrons. The first-order valence-corrected chi connectivity index (χ1v) is 14.0. The summed E-state index contributed by atoms with van der Waals surface area (Å²) in [6.07, 6.45) is 6.63. The minimum absolute atomic E-state index is 0.0275. The minimum atomic E-state index is -0.529. The molecule has 1 saturated heterocycles. The van der Waals surface area contributed by atoms with Crippen LogP contribution in [0.2, 0.25) is 0 Å². The summed E-state index contributed by atoms with van der Waals surface area (Å²) in [4.78, 5) is 52.7. The van der Waals surface area contributed by atoms with Crippen LogP contribution in [0.1, 0.15) is 62.4 Å². The fourth-order valence-corrected chi connectivity index (χ4v) is 4.81. The van der Waals surface area contributed by atoms with Crippen molar-refractivity contribution in [3.8, 4) is 11.4 Å². The van der Waals surface area contributed by atoms with Crippen molar-refractivity contribution in [2.45, 2.75) is 70.6 Å². The molecule has 0 bridgehead atoms. The van der Waals surface area contributed by atoms with Gasteiger partial charge in [-0.1, -0.05) is 24.3 Å². The second-order valence-electron chi connectivity index (χ2n) is 11.6. The highest BCUT2D eigenvalue weighted by atomic mass is 16.6. The van der Waals surface area contributed by atoms with E-state index in [4.69, 9.17) is 9.47 Å². The number of likely N-dealkylation sites (tertiary alicyclic amines) is 1. The molecule has 1 aromatic carbocycles. The maximum absolute atomic E-state index is 13.5. The molecule has 10 nitrogen and oxygen atoms in total. The molecule has 1 aromatic heterocycles. The molecule has 216 valence electrons. The van der Waals surface area contributed by atoms with E-state index < -0.39 is 5.60 Å². The van der Waals surface area contributed by atoms with E-state index in [0.29, 0.717) is 44.0 Å². The third kappa shape index (κ3) is 7.78. The van der Waals surface area contributed by atoms with Crippen LogP contribution in [0.25, 0.3) is 11.4 Å². The van der Waals surface area contributed by atoms with Crippen LogP contribution < -0.4 is 0 Å². The number of carbonyl (C=O) groups excluding carboxylic acids is 3. The molecule has 2 fully saturated rings. The SMILES string of the molecule is COCCN(C)C(=O)Cc1ccc(-c2ncc(C(=O)N(C3CC3)C3CCN(C(=O)OC(C)(C)C)CC3)cn2)cc1. The van der Waals surface area contributed by atoms with Crippen LogP contribution in [-0.2, 0) is 20.7 Å². The molecule has 2 aliphatic rings. The molecule has 2 heterocycles. The molecule has 0 atom stereocenters. The van der Waals surface area contributed by atoms with Crippen molar-refractivity contribution in [1.29, 1.82) is 0 Å². The summed E-state index contributed by atoms with van der Waals surface area (Å²) in [5.74, 6) is 0.492. The van der Waals surface area contributed by atoms with Crippen molar-refractivity contribution in [2.24, 2.45) is 0 Å². The van der Waals surface area contributed by atoms with Gasteiger partial charge in [0, 0.05) is 63.8 Å². The molecule has 4 rings (SSSR count). The van der Waals surface area contributed by atoms with E-state index in [1.807, 2.05) is 49.9 Å². The third-order valence-corrected chi connectivity index (χ3v) is 7.21. The summed E-state index contributed by atoms with van der Waals surface area (Å²) >= 11 is 0. The number of hydrogen-bond acceptors (Lipinski definition) is 7. The van der Waals surface area contributed by atoms with E-state index in [2.05, 4.69) is 9.97 Å². The number of aromatic nitrogens is 2. The molecule has 1 saturated carbocycles. The van der Waals surface area contributed by atoms with Crippen molar-refractivity contribution in [3.05, 3.63) is 47.8 Å². The number of piperidine rings is 1. The quantitative estimate of drug-likeness (QED) is 0.467. The highest BCUT2D eigenvalue weighted by Crippen LogP contribution is 2.33. The Morgan fingerprint density at radius 1 is 0.975 bits per heavy atom. The number of amides is 3. The lowest BCUT2D eigenvalue weighted by Gasteiger charge is -2.39. The first-order valence-electron chi connectivity index (χ1n) is 14.0. The summed E-state index contributed by atoms with van der Waals surface area (Å²) < 4.78 is 10.5. The van der Waals surface area contributed by atoms with E-state index in [-0.39, 0.29) is 30.0 Å². The van der Waals surface area contributed by atoms with Crippen LogP contribution in [0.3, 0.4) is 0 Å². The number of methoxy groups -OCH3 is 1. The van der Waals surface area contributed by atoms with Crippen LogP contribution in [0.15, 0.2) is 36.7 Å². The zero-order valence-electron chi connectivity index (χ0n) is 24.3. The standard InChI is InChI=1S/C30H41N5O5/c1-30(2,3)40-29(38)34-14-12-25(13-15-34)35(24-10-11-24)28(37)23-19-31-27(32-20-23)22-8-6-21(7-9-22)18-26(36)33(4)16-17-39-5/h6-9,19-20,24-25H,10-18H2,1-5H3.